The van der Waals surface area contributed by atoms with Crippen LogP contribution < -0.4 is 10.5 Å². The number of hydrogen-bond donors (Lipinski definition) is 1. The van der Waals surface area contributed by atoms with Gasteiger partial charge in [-0.1, -0.05) is 39.3 Å². The fourth-order valence-electron chi connectivity index (χ4n) is 1.67. The van der Waals surface area contributed by atoms with Crippen LogP contribution in [0.25, 0.3) is 0 Å². The van der Waals surface area contributed by atoms with Crippen molar-refractivity contribution in [2.75, 3.05) is 25.7 Å². The third-order valence-corrected chi connectivity index (χ3v) is 6.66. The van der Waals surface area contributed by atoms with Gasteiger partial charge in [-0.3, -0.25) is 0 Å². The third kappa shape index (κ3) is 9.80. The van der Waals surface area contributed by atoms with Crippen LogP contribution in [0.1, 0.15) is 0 Å². The summed E-state index contributed by atoms with van der Waals surface area (Å²) in [6.07, 6.45) is 1.73. The Morgan fingerprint density at radius 3 is 2.13 bits per heavy atom. The van der Waals surface area contributed by atoms with Gasteiger partial charge < -0.3 is 19.9 Å². The number of nitrogen functional groups attached to an aromatic ring is 1. The van der Waals surface area contributed by atoms with Crippen LogP contribution in [0.15, 0.2) is 6.20 Å². The van der Waals surface area contributed by atoms with Gasteiger partial charge in [0.1, 0.15) is 12.4 Å². The van der Waals surface area contributed by atoms with Crippen LogP contribution in [0.5, 0.6) is 5.88 Å². The highest BCUT2D eigenvalue weighted by atomic mass is 28.3. The van der Waals surface area contributed by atoms with Crippen LogP contribution in [0.2, 0.25) is 51.4 Å². The molecule has 2 N–H and O–H groups in total. The molecule has 8 heteroatoms. The van der Waals surface area contributed by atoms with Gasteiger partial charge in [0.2, 0.25) is 0 Å². The molecule has 0 spiro atoms. The van der Waals surface area contributed by atoms with Crippen molar-refractivity contribution < 1.29 is 14.2 Å². The highest BCUT2D eigenvalue weighted by Gasteiger charge is 2.13. The average molecular weight is 360 g/mol. The first-order valence-corrected chi connectivity index (χ1v) is 15.6. The van der Waals surface area contributed by atoms with Gasteiger partial charge in [0.25, 0.3) is 5.88 Å². The minimum absolute atomic E-state index is 0.183. The monoisotopic (exact) mass is 359 g/mol. The molecule has 0 saturated heterocycles. The third-order valence-electron chi connectivity index (χ3n) is 3.25. The molecule has 23 heavy (non-hydrogen) atoms. The minimum Gasteiger partial charge on any atom is -0.448 e. The van der Waals surface area contributed by atoms with Crippen molar-refractivity contribution in [1.82, 2.24) is 9.78 Å². The molecule has 0 fully saturated rings. The highest BCUT2D eigenvalue weighted by Crippen LogP contribution is 2.18. The zero-order valence-corrected chi connectivity index (χ0v) is 17.5. The summed E-state index contributed by atoms with van der Waals surface area (Å²) in [7, 11) is -2.12. The second-order valence-electron chi connectivity index (χ2n) is 8.26. The van der Waals surface area contributed by atoms with E-state index in [-0.39, 0.29) is 6.79 Å². The van der Waals surface area contributed by atoms with E-state index in [4.69, 9.17) is 19.9 Å². The van der Waals surface area contributed by atoms with E-state index in [0.29, 0.717) is 18.3 Å². The van der Waals surface area contributed by atoms with Crippen LogP contribution in [0.4, 0.5) is 5.69 Å². The van der Waals surface area contributed by atoms with Gasteiger partial charge in [0.05, 0.1) is 6.20 Å². The van der Waals surface area contributed by atoms with Crippen molar-refractivity contribution in [2.45, 2.75) is 58.1 Å². The van der Waals surface area contributed by atoms with Crippen LogP contribution in [-0.4, -0.2) is 45.9 Å². The maximum Gasteiger partial charge on any atom is 0.258 e. The molecule has 1 heterocycles. The second-order valence-corrected chi connectivity index (χ2v) is 19.5. The minimum atomic E-state index is -1.06. The predicted molar refractivity (Wildman–Crippen MR) is 100 cm³/mol. The van der Waals surface area contributed by atoms with Crippen LogP contribution in [0.3, 0.4) is 0 Å². The number of anilines is 1. The Kier molecular flexibility index (Phi) is 7.78. The number of hydrogen-bond acceptors (Lipinski definition) is 5. The molecular formula is C15H33N3O3Si2. The lowest BCUT2D eigenvalue weighted by atomic mass is 10.6. The fraction of sp³-hybridized carbons (Fsp3) is 0.800. The summed E-state index contributed by atoms with van der Waals surface area (Å²) in [6, 6.07) is 2.25. The van der Waals surface area contributed by atoms with Crippen molar-refractivity contribution in [3.05, 3.63) is 6.20 Å². The topological polar surface area (TPSA) is 71.5 Å². The molecule has 0 unspecified atom stereocenters. The molecule has 134 valence electrons. The Morgan fingerprint density at radius 1 is 1.00 bits per heavy atom. The maximum atomic E-state index is 5.89. The molecular weight excluding hydrogens is 326 g/mol. The lowest BCUT2D eigenvalue weighted by Crippen LogP contribution is -2.22. The van der Waals surface area contributed by atoms with E-state index >= 15 is 0 Å². The Hall–Kier alpha value is -0.836. The second kappa shape index (κ2) is 8.86. The van der Waals surface area contributed by atoms with E-state index in [1.165, 1.54) is 0 Å². The Labute approximate surface area is 142 Å². The summed E-state index contributed by atoms with van der Waals surface area (Å²) in [6.45, 7) is 16.0. The quantitative estimate of drug-likeness (QED) is 0.372. The molecule has 1 aromatic rings. The van der Waals surface area contributed by atoms with Crippen molar-refractivity contribution in [3.8, 4) is 5.88 Å². The Morgan fingerprint density at radius 2 is 1.57 bits per heavy atom. The molecule has 0 aromatic carbocycles. The number of nitrogens with zero attached hydrogens (tertiary/aromatic N) is 2. The fourth-order valence-corrected chi connectivity index (χ4v) is 3.18. The van der Waals surface area contributed by atoms with Gasteiger partial charge >= 0.3 is 0 Å². The standard InChI is InChI=1S/C15H33N3O3Si2/c1-22(2,3)9-7-19-12-18-11-14(16)15(17-18)21-13-20-8-10-23(4,5)6/h11H,7-10,12-13,16H2,1-6H3. The Balaban J connectivity index is 2.26. The Bertz CT molecular complexity index is 468. The first kappa shape index (κ1) is 20.2. The first-order chi connectivity index (χ1) is 10.6. The van der Waals surface area contributed by atoms with Crippen molar-refractivity contribution in [1.29, 1.82) is 0 Å². The average Bonchev–Trinajstić information content (AvgIpc) is 2.73. The van der Waals surface area contributed by atoms with Crippen LogP contribution in [-0.2, 0) is 16.2 Å². The molecule has 0 atom stereocenters. The molecule has 0 aliphatic rings. The zero-order valence-electron chi connectivity index (χ0n) is 15.5. The number of aromatic nitrogens is 2. The normalized spacial score (nSPS) is 12.6. The molecule has 0 bridgehead atoms. The SMILES string of the molecule is C[Si](C)(C)CCOCOc1nn(COCC[Si](C)(C)C)cc1N. The van der Waals surface area contributed by atoms with E-state index in [1.807, 2.05) is 0 Å². The molecule has 0 saturated carbocycles. The zero-order chi connectivity index (χ0) is 17.5. The van der Waals surface area contributed by atoms with E-state index in [1.54, 1.807) is 10.9 Å². The summed E-state index contributed by atoms with van der Waals surface area (Å²) >= 11 is 0. The number of rotatable bonds is 11. The molecule has 0 aliphatic heterocycles. The van der Waals surface area contributed by atoms with E-state index in [0.717, 1.165) is 25.3 Å². The number of ether oxygens (including phenoxy) is 3. The van der Waals surface area contributed by atoms with Gasteiger partial charge in [0.15, 0.2) is 6.79 Å². The van der Waals surface area contributed by atoms with Crippen LogP contribution >= 0.6 is 0 Å². The molecule has 1 aromatic heterocycles. The smallest absolute Gasteiger partial charge is 0.258 e. The van der Waals surface area contributed by atoms with Gasteiger partial charge in [-0.05, 0) is 12.1 Å². The summed E-state index contributed by atoms with van der Waals surface area (Å²) < 4.78 is 18.3. The van der Waals surface area contributed by atoms with Crippen molar-refractivity contribution in [2.24, 2.45) is 0 Å². The summed E-state index contributed by atoms with van der Waals surface area (Å²) in [5.74, 6) is 0.409. The van der Waals surface area contributed by atoms with E-state index < -0.39 is 16.1 Å². The van der Waals surface area contributed by atoms with Gasteiger partial charge in [-0.2, -0.15) is 0 Å². The summed E-state index contributed by atoms with van der Waals surface area (Å²) in [5.41, 5.74) is 6.40. The molecule has 0 aliphatic carbocycles. The largest absolute Gasteiger partial charge is 0.448 e. The molecule has 6 nitrogen and oxygen atoms in total. The number of nitrogens with two attached hydrogens (primary N) is 1. The molecule has 0 radical (unpaired) electrons. The van der Waals surface area contributed by atoms with Crippen LogP contribution in [0, 0.1) is 0 Å². The lowest BCUT2D eigenvalue weighted by Gasteiger charge is -2.15. The van der Waals surface area contributed by atoms with Gasteiger partial charge in [0, 0.05) is 29.4 Å². The van der Waals surface area contributed by atoms with E-state index in [9.17, 15) is 0 Å². The first-order valence-electron chi connectivity index (χ1n) is 8.18. The van der Waals surface area contributed by atoms with Gasteiger partial charge in [-0.25, -0.2) is 4.68 Å². The summed E-state index contributed by atoms with van der Waals surface area (Å²) in [4.78, 5) is 0. The predicted octanol–water partition coefficient (Wildman–Crippen LogP) is 3.47. The highest BCUT2D eigenvalue weighted by molar-refractivity contribution is 6.76. The van der Waals surface area contributed by atoms with Crippen molar-refractivity contribution >= 4 is 21.8 Å². The van der Waals surface area contributed by atoms with Gasteiger partial charge in [-0.15, -0.1) is 5.10 Å². The lowest BCUT2D eigenvalue weighted by molar-refractivity contribution is 0.0179. The molecule has 0 amide bonds. The van der Waals surface area contributed by atoms with Crippen molar-refractivity contribution in [3.63, 3.8) is 0 Å². The molecule has 1 rings (SSSR count). The summed E-state index contributed by atoms with van der Waals surface area (Å²) in [5, 5.41) is 4.27. The van der Waals surface area contributed by atoms with E-state index in [2.05, 4.69) is 44.4 Å². The maximum absolute atomic E-state index is 5.89.